The molecule has 104 valence electrons. The molecule has 0 aliphatic heterocycles. The summed E-state index contributed by atoms with van der Waals surface area (Å²) in [6, 6.07) is 16.3. The van der Waals surface area contributed by atoms with E-state index in [-0.39, 0.29) is 5.56 Å². The molecule has 0 fully saturated rings. The average Bonchev–Trinajstić information content (AvgIpc) is 2.97. The maximum Gasteiger partial charge on any atom is 0.336 e. The predicted octanol–water partition coefficient (Wildman–Crippen LogP) is 4.02. The molecular weight excluding hydrogens is 266 g/mol. The van der Waals surface area contributed by atoms with E-state index < -0.39 is 5.97 Å². The third-order valence-electron chi connectivity index (χ3n) is 3.35. The minimum Gasteiger partial charge on any atom is -0.478 e. The molecule has 0 saturated carbocycles. The summed E-state index contributed by atoms with van der Waals surface area (Å²) >= 11 is 0. The van der Waals surface area contributed by atoms with Crippen LogP contribution in [0.15, 0.2) is 59.1 Å². The molecule has 4 heteroatoms. The van der Waals surface area contributed by atoms with Gasteiger partial charge in [-0.2, -0.15) is 0 Å². The van der Waals surface area contributed by atoms with E-state index >= 15 is 0 Å². The third kappa shape index (κ3) is 2.43. The van der Waals surface area contributed by atoms with Crippen LogP contribution in [0.25, 0.3) is 22.6 Å². The number of rotatable bonds is 3. The first-order valence-corrected chi connectivity index (χ1v) is 6.52. The number of aromatic nitrogens is 1. The van der Waals surface area contributed by atoms with Crippen molar-refractivity contribution >= 4 is 5.97 Å². The fourth-order valence-electron chi connectivity index (χ4n) is 2.27. The second kappa shape index (κ2) is 5.25. The number of benzene rings is 2. The number of nitrogens with zero attached hydrogens (tertiary/aromatic N) is 1. The highest BCUT2D eigenvalue weighted by Crippen LogP contribution is 2.29. The Morgan fingerprint density at radius 2 is 1.71 bits per heavy atom. The van der Waals surface area contributed by atoms with Crippen molar-refractivity contribution in [3.05, 3.63) is 65.7 Å². The molecule has 3 rings (SSSR count). The molecule has 21 heavy (non-hydrogen) atoms. The molecule has 0 aliphatic carbocycles. The van der Waals surface area contributed by atoms with Crippen molar-refractivity contribution in [2.24, 2.45) is 0 Å². The molecule has 2 aromatic carbocycles. The van der Waals surface area contributed by atoms with Crippen molar-refractivity contribution in [2.45, 2.75) is 6.92 Å². The number of carboxylic acids is 1. The van der Waals surface area contributed by atoms with Crippen LogP contribution in [0.2, 0.25) is 0 Å². The van der Waals surface area contributed by atoms with Crippen LogP contribution >= 0.6 is 0 Å². The van der Waals surface area contributed by atoms with Crippen LogP contribution in [0.1, 0.15) is 15.9 Å². The van der Waals surface area contributed by atoms with Crippen molar-refractivity contribution in [3.63, 3.8) is 0 Å². The zero-order valence-electron chi connectivity index (χ0n) is 11.4. The van der Waals surface area contributed by atoms with Crippen LogP contribution in [0.3, 0.4) is 0 Å². The summed E-state index contributed by atoms with van der Waals surface area (Å²) < 4.78 is 5.34. The summed E-state index contributed by atoms with van der Waals surface area (Å²) in [5.41, 5.74) is 3.48. The van der Waals surface area contributed by atoms with Gasteiger partial charge in [-0.15, -0.1) is 0 Å². The van der Waals surface area contributed by atoms with E-state index in [1.54, 1.807) is 30.3 Å². The van der Waals surface area contributed by atoms with Crippen LogP contribution in [0, 0.1) is 6.92 Å². The SMILES string of the molecule is Cc1ccccc1-c1cc(-c2ccccc2C(=O)O)on1. The Morgan fingerprint density at radius 1 is 1.05 bits per heavy atom. The number of aromatic carboxylic acids is 1. The highest BCUT2D eigenvalue weighted by molar-refractivity contribution is 5.95. The number of carbonyl (C=O) groups is 1. The van der Waals surface area contributed by atoms with Gasteiger partial charge in [0.25, 0.3) is 0 Å². The highest BCUT2D eigenvalue weighted by Gasteiger charge is 2.16. The third-order valence-corrected chi connectivity index (χ3v) is 3.35. The largest absolute Gasteiger partial charge is 0.478 e. The van der Waals surface area contributed by atoms with E-state index in [2.05, 4.69) is 5.16 Å². The van der Waals surface area contributed by atoms with Gasteiger partial charge in [-0.3, -0.25) is 0 Å². The molecule has 0 unspecified atom stereocenters. The van der Waals surface area contributed by atoms with Crippen molar-refractivity contribution < 1.29 is 14.4 Å². The van der Waals surface area contributed by atoms with Gasteiger partial charge in [0.1, 0.15) is 5.69 Å². The molecular formula is C17H13NO3. The van der Waals surface area contributed by atoms with Gasteiger partial charge in [-0.05, 0) is 18.6 Å². The second-order valence-electron chi connectivity index (χ2n) is 4.74. The predicted molar refractivity (Wildman–Crippen MR) is 79.1 cm³/mol. The van der Waals surface area contributed by atoms with Gasteiger partial charge in [0, 0.05) is 17.2 Å². The van der Waals surface area contributed by atoms with Crippen molar-refractivity contribution in [2.75, 3.05) is 0 Å². The number of aryl methyl sites for hydroxylation is 1. The van der Waals surface area contributed by atoms with E-state index in [9.17, 15) is 9.90 Å². The van der Waals surface area contributed by atoms with Gasteiger partial charge in [0.2, 0.25) is 0 Å². The van der Waals surface area contributed by atoms with Crippen LogP contribution in [-0.2, 0) is 0 Å². The number of hydrogen-bond donors (Lipinski definition) is 1. The lowest BCUT2D eigenvalue weighted by Crippen LogP contribution is -1.98. The summed E-state index contributed by atoms with van der Waals surface area (Å²) in [6.07, 6.45) is 0. The second-order valence-corrected chi connectivity index (χ2v) is 4.74. The number of carboxylic acid groups (broad SMARTS) is 1. The van der Waals surface area contributed by atoms with Crippen LogP contribution in [0.4, 0.5) is 0 Å². The van der Waals surface area contributed by atoms with Gasteiger partial charge in [-0.25, -0.2) is 4.79 Å². The van der Waals surface area contributed by atoms with Crippen molar-refractivity contribution in [1.29, 1.82) is 0 Å². The van der Waals surface area contributed by atoms with Crippen molar-refractivity contribution in [1.82, 2.24) is 5.16 Å². The fraction of sp³-hybridized carbons (Fsp3) is 0.0588. The fourth-order valence-corrected chi connectivity index (χ4v) is 2.27. The maximum atomic E-state index is 11.3. The lowest BCUT2D eigenvalue weighted by Gasteiger charge is -2.01. The molecule has 4 nitrogen and oxygen atoms in total. The first-order chi connectivity index (χ1) is 10.2. The van der Waals surface area contributed by atoms with Gasteiger partial charge in [0.15, 0.2) is 5.76 Å². The first kappa shape index (κ1) is 13.1. The topological polar surface area (TPSA) is 63.3 Å². The van der Waals surface area contributed by atoms with E-state index in [1.165, 1.54) is 0 Å². The Hall–Kier alpha value is -2.88. The van der Waals surface area contributed by atoms with Gasteiger partial charge < -0.3 is 9.63 Å². The normalized spacial score (nSPS) is 10.5. The van der Waals surface area contributed by atoms with E-state index in [1.807, 2.05) is 31.2 Å². The Bertz CT molecular complexity index is 805. The van der Waals surface area contributed by atoms with Crippen LogP contribution in [0.5, 0.6) is 0 Å². The Kier molecular flexibility index (Phi) is 3.28. The summed E-state index contributed by atoms with van der Waals surface area (Å²) in [7, 11) is 0. The molecule has 1 N–H and O–H groups in total. The molecule has 0 spiro atoms. The molecule has 0 saturated heterocycles. The highest BCUT2D eigenvalue weighted by atomic mass is 16.5. The Labute approximate surface area is 121 Å². The molecule has 0 aliphatic rings. The smallest absolute Gasteiger partial charge is 0.336 e. The summed E-state index contributed by atoms with van der Waals surface area (Å²) in [6.45, 7) is 1.99. The molecule has 0 radical (unpaired) electrons. The Balaban J connectivity index is 2.08. The van der Waals surface area contributed by atoms with Crippen molar-refractivity contribution in [3.8, 4) is 22.6 Å². The van der Waals surface area contributed by atoms with Gasteiger partial charge in [0.05, 0.1) is 5.56 Å². The van der Waals surface area contributed by atoms with Gasteiger partial charge in [-0.1, -0.05) is 47.6 Å². The minimum atomic E-state index is -0.987. The number of hydrogen-bond acceptors (Lipinski definition) is 3. The summed E-state index contributed by atoms with van der Waals surface area (Å²) in [5, 5.41) is 13.3. The van der Waals surface area contributed by atoms with Crippen LogP contribution < -0.4 is 0 Å². The lowest BCUT2D eigenvalue weighted by atomic mass is 10.0. The van der Waals surface area contributed by atoms with E-state index in [0.717, 1.165) is 11.1 Å². The summed E-state index contributed by atoms with van der Waals surface area (Å²) in [4.78, 5) is 11.3. The molecule has 1 aromatic heterocycles. The lowest BCUT2D eigenvalue weighted by molar-refractivity contribution is 0.0697. The Morgan fingerprint density at radius 3 is 2.43 bits per heavy atom. The van der Waals surface area contributed by atoms with Crippen LogP contribution in [-0.4, -0.2) is 16.2 Å². The zero-order chi connectivity index (χ0) is 14.8. The molecule has 0 amide bonds. The molecule has 0 bridgehead atoms. The summed E-state index contributed by atoms with van der Waals surface area (Å²) in [5.74, 6) is -0.536. The minimum absolute atomic E-state index is 0.199. The van der Waals surface area contributed by atoms with Gasteiger partial charge >= 0.3 is 5.97 Å². The zero-order valence-corrected chi connectivity index (χ0v) is 11.4. The first-order valence-electron chi connectivity index (χ1n) is 6.52. The molecule has 1 heterocycles. The molecule has 0 atom stereocenters. The standard InChI is InChI=1S/C17H13NO3/c1-11-6-2-3-7-12(11)15-10-16(21-18-15)13-8-4-5-9-14(13)17(19)20/h2-10H,1H3,(H,19,20). The monoisotopic (exact) mass is 279 g/mol. The quantitative estimate of drug-likeness (QED) is 0.786. The van der Waals surface area contributed by atoms with E-state index in [0.29, 0.717) is 17.0 Å². The van der Waals surface area contributed by atoms with E-state index in [4.69, 9.17) is 4.52 Å². The average molecular weight is 279 g/mol. The molecule has 3 aromatic rings. The maximum absolute atomic E-state index is 11.3.